The molecule has 20 nitrogen and oxygen atoms in total. The molecule has 0 spiro atoms. The van der Waals surface area contributed by atoms with Crippen LogP contribution in [-0.2, 0) is 31.0 Å². The Kier molecular flexibility index (Phi) is 11.0. The summed E-state index contributed by atoms with van der Waals surface area (Å²) < 4.78 is 6.46. The molecular formula is C36H43N13O7. The van der Waals surface area contributed by atoms with E-state index in [4.69, 9.17) is 11.5 Å². The molecule has 0 saturated carbocycles. The number of hydrogen-bond acceptors (Lipinski definition) is 12. The highest BCUT2D eigenvalue weighted by Crippen LogP contribution is 2.31. The first-order valence-corrected chi connectivity index (χ1v) is 17.8. The Morgan fingerprint density at radius 3 is 2.12 bits per heavy atom. The fraction of sp³-hybridized carbons (Fsp3) is 0.333. The number of rotatable bonds is 16. The van der Waals surface area contributed by atoms with E-state index in [1.807, 2.05) is 20.8 Å². The third-order valence-corrected chi connectivity index (χ3v) is 9.31. The highest BCUT2D eigenvalue weighted by molar-refractivity contribution is 6.05. The van der Waals surface area contributed by atoms with Crippen LogP contribution in [0.25, 0.3) is 22.1 Å². The highest BCUT2D eigenvalue weighted by Gasteiger charge is 2.24. The van der Waals surface area contributed by atoms with Crippen LogP contribution in [0, 0.1) is 13.8 Å². The number of carbonyl (C=O) groups is 4. The first-order valence-electron chi connectivity index (χ1n) is 17.8. The summed E-state index contributed by atoms with van der Waals surface area (Å²) in [6.45, 7) is 7.54. The van der Waals surface area contributed by atoms with Gasteiger partial charge in [0.05, 0.1) is 39.2 Å². The molecule has 6 rings (SSSR count). The molecule has 1 atom stereocenters. The van der Waals surface area contributed by atoms with Crippen LogP contribution in [0.5, 0.6) is 5.75 Å². The van der Waals surface area contributed by atoms with Gasteiger partial charge in [-0.2, -0.15) is 10.2 Å². The maximum Gasteiger partial charge on any atom is 0.276 e. The number of amides is 4. The molecule has 2 aromatic carbocycles. The van der Waals surface area contributed by atoms with Crippen LogP contribution < -0.4 is 22.1 Å². The average molecular weight is 770 g/mol. The van der Waals surface area contributed by atoms with E-state index in [0.29, 0.717) is 46.7 Å². The number of fused-ring (bicyclic) bond motifs is 2. The maximum absolute atomic E-state index is 13.5. The van der Waals surface area contributed by atoms with E-state index >= 15 is 0 Å². The number of nitrogens with one attached hydrogen (secondary N) is 2. The molecule has 9 N–H and O–H groups in total. The van der Waals surface area contributed by atoms with Crippen LogP contribution in [-0.4, -0.2) is 102 Å². The predicted octanol–water partition coefficient (Wildman–Crippen LogP) is 1.22. The molecule has 4 amide bonds. The van der Waals surface area contributed by atoms with Gasteiger partial charge in [-0.15, -0.1) is 0 Å². The summed E-state index contributed by atoms with van der Waals surface area (Å²) in [6.07, 6.45) is -1.23. The quantitative estimate of drug-likeness (QED) is 0.0685. The molecule has 0 aliphatic rings. The number of imidazole rings is 2. The Balaban J connectivity index is 1.32. The first-order chi connectivity index (χ1) is 26.7. The van der Waals surface area contributed by atoms with Gasteiger partial charge in [0, 0.05) is 44.8 Å². The molecule has 0 aliphatic carbocycles. The van der Waals surface area contributed by atoms with Crippen molar-refractivity contribution in [2.45, 2.75) is 60.1 Å². The zero-order valence-corrected chi connectivity index (χ0v) is 31.2. The zero-order chi connectivity index (χ0) is 40.4. The third kappa shape index (κ3) is 7.59. The third-order valence-electron chi connectivity index (χ3n) is 9.31. The topological polar surface area (TPSA) is 280 Å². The highest BCUT2D eigenvalue weighted by atomic mass is 16.3. The summed E-state index contributed by atoms with van der Waals surface area (Å²) >= 11 is 0. The van der Waals surface area contributed by atoms with E-state index in [1.54, 1.807) is 45.0 Å². The largest absolute Gasteiger partial charge is 0.505 e. The lowest BCUT2D eigenvalue weighted by Gasteiger charge is -2.24. The molecule has 0 bridgehead atoms. The van der Waals surface area contributed by atoms with Crippen LogP contribution in [0.4, 0.5) is 11.9 Å². The average Bonchev–Trinajstić information content (AvgIpc) is 3.93. The zero-order valence-electron chi connectivity index (χ0n) is 31.2. The van der Waals surface area contributed by atoms with Gasteiger partial charge in [-0.25, -0.2) is 9.97 Å². The van der Waals surface area contributed by atoms with E-state index in [0.717, 1.165) is 0 Å². The van der Waals surface area contributed by atoms with Crippen molar-refractivity contribution in [3.05, 3.63) is 76.4 Å². The molecule has 0 fully saturated rings. The van der Waals surface area contributed by atoms with Gasteiger partial charge in [0.1, 0.15) is 17.8 Å². The van der Waals surface area contributed by atoms with Crippen molar-refractivity contribution in [1.29, 1.82) is 0 Å². The normalized spacial score (nSPS) is 12.0. The number of nitrogens with two attached hydrogens (primary N) is 2. The smallest absolute Gasteiger partial charge is 0.276 e. The lowest BCUT2D eigenvalue weighted by Crippen LogP contribution is -2.38. The molecule has 294 valence electrons. The van der Waals surface area contributed by atoms with E-state index in [1.165, 1.54) is 27.8 Å². The number of aryl methyl sites for hydroxylation is 4. The number of aromatic nitrogens is 8. The van der Waals surface area contributed by atoms with Gasteiger partial charge < -0.3 is 46.1 Å². The number of anilines is 2. The Hall–Kier alpha value is -6.80. The number of aliphatic hydroxyl groups excluding tert-OH is 2. The Bertz CT molecular complexity index is 2480. The number of carbonyl (C=O) groups excluding carboxylic acids is 4. The van der Waals surface area contributed by atoms with Gasteiger partial charge >= 0.3 is 0 Å². The van der Waals surface area contributed by atoms with Crippen LogP contribution >= 0.6 is 0 Å². The van der Waals surface area contributed by atoms with Crippen molar-refractivity contribution < 1.29 is 34.5 Å². The lowest BCUT2D eigenvalue weighted by atomic mass is 10.1. The van der Waals surface area contributed by atoms with E-state index in [-0.39, 0.29) is 60.4 Å². The van der Waals surface area contributed by atoms with Gasteiger partial charge in [0.15, 0.2) is 12.0 Å². The number of aromatic hydroxyl groups is 1. The molecular weight excluding hydrogens is 726 g/mol. The van der Waals surface area contributed by atoms with Crippen LogP contribution in [0.3, 0.4) is 0 Å². The summed E-state index contributed by atoms with van der Waals surface area (Å²) in [5.41, 5.74) is 14.4. The molecule has 4 heterocycles. The lowest BCUT2D eigenvalue weighted by molar-refractivity contribution is -0.134. The van der Waals surface area contributed by atoms with Gasteiger partial charge in [0.25, 0.3) is 11.8 Å². The number of benzene rings is 2. The number of hydrogen-bond donors (Lipinski definition) is 7. The van der Waals surface area contributed by atoms with Crippen molar-refractivity contribution in [2.24, 2.45) is 11.5 Å². The summed E-state index contributed by atoms with van der Waals surface area (Å²) in [5.74, 6) is -2.92. The number of primary amides is 2. The number of phenols is 1. The maximum atomic E-state index is 13.5. The SMILES string of the molecule is CCn1nc(C)cc1C(=O)Nc1nc2c(O)c(C(N)=O)ccc2n1CCN(CCn1c(NC(O)c2cc(C)nn2CC)nc2cc(C(N)=O)ccc21)C(=O)CO. The van der Waals surface area contributed by atoms with Gasteiger partial charge in [-0.1, -0.05) is 0 Å². The molecule has 4 aromatic heterocycles. The first kappa shape index (κ1) is 38.9. The van der Waals surface area contributed by atoms with E-state index in [2.05, 4.69) is 30.8 Å². The van der Waals surface area contributed by atoms with E-state index < -0.39 is 42.2 Å². The molecule has 20 heteroatoms. The number of aliphatic hydroxyl groups is 2. The number of nitrogens with zero attached hydrogens (tertiary/aromatic N) is 9. The summed E-state index contributed by atoms with van der Waals surface area (Å²) in [6, 6.07) is 10.9. The van der Waals surface area contributed by atoms with Gasteiger partial charge in [-0.3, -0.25) is 33.9 Å². The minimum atomic E-state index is -1.23. The fourth-order valence-corrected chi connectivity index (χ4v) is 6.59. The Morgan fingerprint density at radius 1 is 0.839 bits per heavy atom. The molecule has 56 heavy (non-hydrogen) atoms. The van der Waals surface area contributed by atoms with Crippen molar-refractivity contribution in [3.8, 4) is 5.75 Å². The van der Waals surface area contributed by atoms with Crippen molar-refractivity contribution >= 4 is 57.6 Å². The molecule has 0 radical (unpaired) electrons. The Morgan fingerprint density at radius 2 is 1.48 bits per heavy atom. The summed E-state index contributed by atoms with van der Waals surface area (Å²) in [7, 11) is 0. The standard InChI is InChI=1S/C36H43N13O7/c1-5-48-26(15-19(3)43-48)33(55)41-35-39-23-17-21(31(37)53)7-9-24(23)46(35)13-11-45(28(51)18-50)12-14-47-25-10-8-22(32(38)54)30(52)29(25)40-36(47)42-34(56)27-16-20(4)44-49(27)6-2/h7-10,15-17,33,50,52,55H,5-6,11-14,18H2,1-4H3,(H2,37,53)(H2,38,54)(H,39,41)(H,40,42,56). The van der Waals surface area contributed by atoms with E-state index in [9.17, 15) is 34.5 Å². The van der Waals surface area contributed by atoms with Gasteiger partial charge in [0.2, 0.25) is 23.7 Å². The van der Waals surface area contributed by atoms with Crippen molar-refractivity contribution in [2.75, 3.05) is 30.3 Å². The summed E-state index contributed by atoms with van der Waals surface area (Å²) in [5, 5.41) is 46.7. The molecule has 0 aliphatic heterocycles. The molecule has 1 unspecified atom stereocenters. The van der Waals surface area contributed by atoms with Crippen molar-refractivity contribution in [1.82, 2.24) is 43.6 Å². The Labute approximate surface area is 319 Å². The minimum absolute atomic E-state index is 0.00714. The predicted molar refractivity (Wildman–Crippen MR) is 204 cm³/mol. The minimum Gasteiger partial charge on any atom is -0.505 e. The van der Waals surface area contributed by atoms with Crippen LogP contribution in [0.1, 0.15) is 68.4 Å². The van der Waals surface area contributed by atoms with Gasteiger partial charge in [-0.05, 0) is 70.2 Å². The van der Waals surface area contributed by atoms with Crippen LogP contribution in [0.15, 0.2) is 42.5 Å². The monoisotopic (exact) mass is 769 g/mol. The molecule has 0 saturated heterocycles. The van der Waals surface area contributed by atoms with Crippen molar-refractivity contribution in [3.63, 3.8) is 0 Å². The fourth-order valence-electron chi connectivity index (χ4n) is 6.59. The van der Waals surface area contributed by atoms with Crippen LogP contribution in [0.2, 0.25) is 0 Å². The second kappa shape index (κ2) is 15.9. The second-order valence-electron chi connectivity index (χ2n) is 13.0. The summed E-state index contributed by atoms with van der Waals surface area (Å²) in [4.78, 5) is 61.2. The molecule has 6 aromatic rings. The second-order valence-corrected chi connectivity index (χ2v) is 13.0.